The van der Waals surface area contributed by atoms with Crippen molar-refractivity contribution in [3.05, 3.63) is 29.2 Å². The van der Waals surface area contributed by atoms with E-state index in [1.807, 2.05) is 27.7 Å². The maximum absolute atomic E-state index is 5.95. The van der Waals surface area contributed by atoms with E-state index in [1.54, 1.807) is 6.07 Å². The summed E-state index contributed by atoms with van der Waals surface area (Å²) in [6, 6.07) is 1.63. The zero-order valence-corrected chi connectivity index (χ0v) is 11.6. The molecule has 0 saturated carbocycles. The average Bonchev–Trinajstić information content (AvgIpc) is 2.14. The maximum atomic E-state index is 5.95. The fourth-order valence-electron chi connectivity index (χ4n) is 1.14. The first kappa shape index (κ1) is 14.0. The predicted octanol–water partition coefficient (Wildman–Crippen LogP) is 3.77. The lowest BCUT2D eigenvalue weighted by Crippen LogP contribution is -2.16. The number of hydrogen-bond acceptors (Lipinski definition) is 3. The van der Waals surface area contributed by atoms with Gasteiger partial charge in [0.05, 0.1) is 6.61 Å². The molecule has 17 heavy (non-hydrogen) atoms. The third-order valence-corrected chi connectivity index (χ3v) is 2.31. The molecule has 0 aliphatic rings. The highest BCUT2D eigenvalue weighted by Crippen LogP contribution is 2.23. The second-order valence-electron chi connectivity index (χ2n) is 5.16. The Labute approximate surface area is 108 Å². The van der Waals surface area contributed by atoms with Gasteiger partial charge in [0.1, 0.15) is 11.0 Å². The molecule has 94 valence electrons. The van der Waals surface area contributed by atoms with Crippen molar-refractivity contribution >= 4 is 11.6 Å². The molecular formula is C13H19ClN2O. The van der Waals surface area contributed by atoms with Crippen molar-refractivity contribution in [2.45, 2.75) is 39.5 Å². The number of rotatable bonds is 4. The van der Waals surface area contributed by atoms with Crippen LogP contribution in [0.2, 0.25) is 5.15 Å². The molecule has 0 amide bonds. The molecule has 0 unspecified atom stereocenters. The highest BCUT2D eigenvalue weighted by molar-refractivity contribution is 6.29. The van der Waals surface area contributed by atoms with Crippen molar-refractivity contribution in [3.63, 3.8) is 0 Å². The van der Waals surface area contributed by atoms with Crippen LogP contribution in [0.25, 0.3) is 0 Å². The van der Waals surface area contributed by atoms with Crippen LogP contribution in [0.1, 0.15) is 39.9 Å². The molecule has 1 heterocycles. The largest absolute Gasteiger partial charge is 0.477 e. The summed E-state index contributed by atoms with van der Waals surface area (Å²) in [6.45, 7) is 12.5. The van der Waals surface area contributed by atoms with Gasteiger partial charge >= 0.3 is 0 Å². The third kappa shape index (κ3) is 4.73. The molecule has 3 nitrogen and oxygen atoms in total. The lowest BCUT2D eigenvalue weighted by atomic mass is 9.96. The van der Waals surface area contributed by atoms with Crippen molar-refractivity contribution in [2.75, 3.05) is 6.61 Å². The zero-order valence-electron chi connectivity index (χ0n) is 10.9. The second kappa shape index (κ2) is 5.50. The van der Waals surface area contributed by atoms with Crippen molar-refractivity contribution in [2.24, 2.45) is 0 Å². The van der Waals surface area contributed by atoms with Crippen LogP contribution in [0.3, 0.4) is 0 Å². The van der Waals surface area contributed by atoms with E-state index < -0.39 is 0 Å². The number of nitrogens with zero attached hydrogens (tertiary/aromatic N) is 2. The van der Waals surface area contributed by atoms with Crippen LogP contribution in [-0.4, -0.2) is 16.6 Å². The lowest BCUT2D eigenvalue weighted by Gasteiger charge is -2.17. The SMILES string of the molecule is C=C(C)CCOc1cc(Cl)nc(C(C)(C)C)n1. The van der Waals surface area contributed by atoms with E-state index in [1.165, 1.54) is 0 Å². The molecule has 1 aromatic rings. The Kier molecular flexibility index (Phi) is 4.52. The summed E-state index contributed by atoms with van der Waals surface area (Å²) in [6.07, 6.45) is 0.812. The summed E-state index contributed by atoms with van der Waals surface area (Å²) in [5.41, 5.74) is 0.943. The van der Waals surface area contributed by atoms with Gasteiger partial charge < -0.3 is 4.74 Å². The van der Waals surface area contributed by atoms with E-state index in [2.05, 4.69) is 16.5 Å². The van der Waals surface area contributed by atoms with Crippen molar-refractivity contribution in [3.8, 4) is 5.88 Å². The summed E-state index contributed by atoms with van der Waals surface area (Å²) in [5.74, 6) is 1.21. The lowest BCUT2D eigenvalue weighted by molar-refractivity contribution is 0.305. The molecule has 0 N–H and O–H groups in total. The van der Waals surface area contributed by atoms with Gasteiger partial charge in [-0.2, -0.15) is 4.98 Å². The van der Waals surface area contributed by atoms with Crippen molar-refractivity contribution < 1.29 is 4.74 Å². The topological polar surface area (TPSA) is 35.0 Å². The third-order valence-electron chi connectivity index (χ3n) is 2.12. The molecule has 0 bridgehead atoms. The maximum Gasteiger partial charge on any atom is 0.218 e. The van der Waals surface area contributed by atoms with E-state index in [-0.39, 0.29) is 5.41 Å². The Morgan fingerprint density at radius 2 is 2.06 bits per heavy atom. The molecule has 0 aliphatic carbocycles. The molecule has 0 atom stereocenters. The van der Waals surface area contributed by atoms with E-state index in [0.29, 0.717) is 23.5 Å². The van der Waals surface area contributed by atoms with Gasteiger partial charge in [0, 0.05) is 17.9 Å². The molecule has 0 radical (unpaired) electrons. The number of hydrogen-bond donors (Lipinski definition) is 0. The van der Waals surface area contributed by atoms with E-state index in [9.17, 15) is 0 Å². The zero-order chi connectivity index (χ0) is 13.1. The minimum atomic E-state index is -0.142. The average molecular weight is 255 g/mol. The molecule has 0 fully saturated rings. The van der Waals surface area contributed by atoms with E-state index in [0.717, 1.165) is 12.0 Å². The van der Waals surface area contributed by atoms with Gasteiger partial charge in [-0.25, -0.2) is 4.98 Å². The summed E-state index contributed by atoms with van der Waals surface area (Å²) >= 11 is 5.95. The summed E-state index contributed by atoms with van der Waals surface area (Å²) in [4.78, 5) is 8.56. The molecule has 1 aromatic heterocycles. The first-order chi connectivity index (χ1) is 7.79. The fraction of sp³-hybridized carbons (Fsp3) is 0.538. The van der Waals surface area contributed by atoms with Crippen LogP contribution < -0.4 is 4.74 Å². The normalized spacial score (nSPS) is 11.4. The summed E-state index contributed by atoms with van der Waals surface area (Å²) in [7, 11) is 0. The number of ether oxygens (including phenoxy) is 1. The Morgan fingerprint density at radius 1 is 1.41 bits per heavy atom. The second-order valence-corrected chi connectivity index (χ2v) is 5.55. The Morgan fingerprint density at radius 3 is 2.59 bits per heavy atom. The van der Waals surface area contributed by atoms with Gasteiger partial charge in [-0.1, -0.05) is 37.9 Å². The van der Waals surface area contributed by atoms with Crippen molar-refractivity contribution in [1.29, 1.82) is 0 Å². The Balaban J connectivity index is 2.79. The van der Waals surface area contributed by atoms with Gasteiger partial charge in [0.15, 0.2) is 0 Å². The molecule has 0 saturated heterocycles. The Bertz CT molecular complexity index is 410. The summed E-state index contributed by atoms with van der Waals surface area (Å²) < 4.78 is 5.54. The van der Waals surface area contributed by atoms with E-state index >= 15 is 0 Å². The van der Waals surface area contributed by atoms with Crippen molar-refractivity contribution in [1.82, 2.24) is 9.97 Å². The molecule has 4 heteroatoms. The van der Waals surface area contributed by atoms with Crippen LogP contribution in [-0.2, 0) is 5.41 Å². The minimum absolute atomic E-state index is 0.142. The quantitative estimate of drug-likeness (QED) is 0.606. The van der Waals surface area contributed by atoms with Crippen LogP contribution in [0, 0.1) is 0 Å². The van der Waals surface area contributed by atoms with Crippen LogP contribution >= 0.6 is 11.6 Å². The molecule has 0 spiro atoms. The van der Waals surface area contributed by atoms with Gasteiger partial charge in [0.2, 0.25) is 5.88 Å². The summed E-state index contributed by atoms with van der Waals surface area (Å²) in [5, 5.41) is 0.412. The van der Waals surface area contributed by atoms with Gasteiger partial charge in [-0.15, -0.1) is 6.58 Å². The van der Waals surface area contributed by atoms with E-state index in [4.69, 9.17) is 16.3 Å². The number of halogens is 1. The molecule has 0 aliphatic heterocycles. The molecule has 0 aromatic carbocycles. The van der Waals surface area contributed by atoms with Gasteiger partial charge in [0.25, 0.3) is 0 Å². The Hall–Kier alpha value is -1.09. The highest BCUT2D eigenvalue weighted by Gasteiger charge is 2.19. The van der Waals surface area contributed by atoms with Gasteiger partial charge in [-0.3, -0.25) is 0 Å². The standard InChI is InChI=1S/C13H19ClN2O/c1-9(2)6-7-17-11-8-10(14)15-12(16-11)13(3,4)5/h8H,1,6-7H2,2-5H3. The monoisotopic (exact) mass is 254 g/mol. The smallest absolute Gasteiger partial charge is 0.218 e. The van der Waals surface area contributed by atoms with Gasteiger partial charge in [-0.05, 0) is 6.92 Å². The molecular weight excluding hydrogens is 236 g/mol. The van der Waals surface area contributed by atoms with Crippen LogP contribution in [0.15, 0.2) is 18.2 Å². The number of aromatic nitrogens is 2. The van der Waals surface area contributed by atoms with Crippen LogP contribution in [0.5, 0.6) is 5.88 Å². The predicted molar refractivity (Wildman–Crippen MR) is 70.7 cm³/mol. The minimum Gasteiger partial charge on any atom is -0.477 e. The fourth-order valence-corrected chi connectivity index (χ4v) is 1.31. The molecule has 1 rings (SSSR count). The first-order valence-electron chi connectivity index (χ1n) is 5.61. The highest BCUT2D eigenvalue weighted by atomic mass is 35.5. The first-order valence-corrected chi connectivity index (χ1v) is 5.99. The van der Waals surface area contributed by atoms with Crippen LogP contribution in [0.4, 0.5) is 0 Å².